The van der Waals surface area contributed by atoms with Gasteiger partial charge in [0.05, 0.1) is 17.3 Å². The monoisotopic (exact) mass is 478 g/mol. The molecule has 3 aromatic rings. The summed E-state index contributed by atoms with van der Waals surface area (Å²) in [5.74, 6) is 1.23. The molecule has 1 unspecified atom stereocenters. The molecule has 3 aromatic heterocycles. The highest BCUT2D eigenvalue weighted by Gasteiger charge is 2.32. The van der Waals surface area contributed by atoms with Crippen LogP contribution in [-0.4, -0.2) is 50.8 Å². The van der Waals surface area contributed by atoms with E-state index in [2.05, 4.69) is 32.3 Å². The van der Waals surface area contributed by atoms with E-state index >= 15 is 0 Å². The minimum absolute atomic E-state index is 0.0634. The first-order chi connectivity index (χ1) is 14.7. The number of thioether (sulfide) groups is 1. The van der Waals surface area contributed by atoms with Crippen molar-refractivity contribution in [2.45, 2.75) is 44.3 Å². The number of rotatable bonds is 8. The van der Waals surface area contributed by atoms with Gasteiger partial charge in [-0.25, -0.2) is 8.42 Å². The van der Waals surface area contributed by atoms with Gasteiger partial charge in [0.25, 0.3) is 0 Å². The summed E-state index contributed by atoms with van der Waals surface area (Å²) in [6.07, 6.45) is 1.53. The maximum absolute atomic E-state index is 12.9. The van der Waals surface area contributed by atoms with Crippen LogP contribution in [0.4, 0.5) is 0 Å². The van der Waals surface area contributed by atoms with E-state index in [1.807, 2.05) is 31.5 Å². The minimum atomic E-state index is -2.98. The molecule has 0 bridgehead atoms. The molecule has 1 aliphatic heterocycles. The summed E-state index contributed by atoms with van der Waals surface area (Å²) in [6, 6.07) is 6.17. The van der Waals surface area contributed by atoms with Crippen LogP contribution in [0.15, 0.2) is 28.7 Å². The Hall–Kier alpha value is -1.91. The van der Waals surface area contributed by atoms with Crippen LogP contribution in [-0.2, 0) is 29.9 Å². The number of sulfone groups is 1. The predicted octanol–water partition coefficient (Wildman–Crippen LogP) is 3.41. The van der Waals surface area contributed by atoms with Gasteiger partial charge in [0.1, 0.15) is 5.82 Å². The van der Waals surface area contributed by atoms with E-state index in [0.29, 0.717) is 17.4 Å². The van der Waals surface area contributed by atoms with E-state index in [4.69, 9.17) is 0 Å². The number of hydrogen-bond acceptors (Lipinski definition) is 7. The normalized spacial score (nSPS) is 18.0. The van der Waals surface area contributed by atoms with E-state index < -0.39 is 9.84 Å². The number of aromatic nitrogens is 4. The van der Waals surface area contributed by atoms with Gasteiger partial charge in [0.15, 0.2) is 20.8 Å². The average molecular weight is 479 g/mol. The third-order valence-electron chi connectivity index (χ3n) is 5.83. The molecule has 1 fully saturated rings. The van der Waals surface area contributed by atoms with Crippen LogP contribution in [0.2, 0.25) is 0 Å². The predicted molar refractivity (Wildman–Crippen MR) is 124 cm³/mol. The van der Waals surface area contributed by atoms with E-state index in [9.17, 15) is 13.2 Å². The van der Waals surface area contributed by atoms with Crippen molar-refractivity contribution < 1.29 is 13.2 Å². The van der Waals surface area contributed by atoms with Gasteiger partial charge in [-0.05, 0) is 44.2 Å². The SMILES string of the molecule is Cc1cc(C(=O)CSc2nnc(C3CCS(=O)(=O)C3)n2C)c(C)n1CCc1cccs1. The molecular weight excluding hydrogens is 452 g/mol. The van der Waals surface area contributed by atoms with Crippen molar-refractivity contribution in [2.24, 2.45) is 7.05 Å². The number of hydrogen-bond donors (Lipinski definition) is 0. The topological polar surface area (TPSA) is 86.9 Å². The first kappa shape index (κ1) is 22.3. The molecule has 1 saturated heterocycles. The third-order valence-corrected chi connectivity index (χ3v) is 9.56. The maximum atomic E-state index is 12.9. The molecule has 1 aliphatic rings. The number of carbonyl (C=O) groups excluding carboxylic acids is 1. The summed E-state index contributed by atoms with van der Waals surface area (Å²) in [5, 5.41) is 11.1. The van der Waals surface area contributed by atoms with Crippen LogP contribution in [0.3, 0.4) is 0 Å². The fourth-order valence-corrected chi connectivity index (χ4v) is 7.36. The fraction of sp³-hybridized carbons (Fsp3) is 0.476. The van der Waals surface area contributed by atoms with Gasteiger partial charge in [-0.15, -0.1) is 21.5 Å². The zero-order valence-corrected chi connectivity index (χ0v) is 20.3. The third kappa shape index (κ3) is 4.80. The quantitative estimate of drug-likeness (QED) is 0.364. The van der Waals surface area contributed by atoms with Gasteiger partial charge < -0.3 is 9.13 Å². The largest absolute Gasteiger partial charge is 0.348 e. The Morgan fingerprint density at radius 2 is 2.13 bits per heavy atom. The van der Waals surface area contributed by atoms with Crippen molar-refractivity contribution >= 4 is 38.7 Å². The molecule has 0 amide bonds. The lowest BCUT2D eigenvalue weighted by molar-refractivity contribution is 0.102. The molecule has 7 nitrogen and oxygen atoms in total. The first-order valence-electron chi connectivity index (χ1n) is 10.2. The molecule has 166 valence electrons. The summed E-state index contributed by atoms with van der Waals surface area (Å²) in [5.41, 5.74) is 2.83. The van der Waals surface area contributed by atoms with E-state index in [0.717, 1.165) is 29.9 Å². The molecule has 4 rings (SSSR count). The number of carbonyl (C=O) groups is 1. The molecule has 4 heterocycles. The first-order valence-corrected chi connectivity index (χ1v) is 13.9. The second kappa shape index (κ2) is 8.91. The van der Waals surface area contributed by atoms with Crippen molar-refractivity contribution in [3.63, 3.8) is 0 Å². The van der Waals surface area contributed by atoms with Crippen LogP contribution in [0, 0.1) is 13.8 Å². The van der Waals surface area contributed by atoms with Crippen molar-refractivity contribution in [3.8, 4) is 0 Å². The van der Waals surface area contributed by atoms with Crippen LogP contribution in [0.25, 0.3) is 0 Å². The van der Waals surface area contributed by atoms with Crippen molar-refractivity contribution in [2.75, 3.05) is 17.3 Å². The summed E-state index contributed by atoms with van der Waals surface area (Å²) in [6.45, 7) is 4.89. The van der Waals surface area contributed by atoms with Crippen LogP contribution in [0.5, 0.6) is 0 Å². The highest BCUT2D eigenvalue weighted by molar-refractivity contribution is 7.99. The van der Waals surface area contributed by atoms with Gasteiger partial charge in [-0.3, -0.25) is 4.79 Å². The second-order valence-electron chi connectivity index (χ2n) is 7.98. The van der Waals surface area contributed by atoms with Crippen LogP contribution in [0.1, 0.15) is 44.8 Å². The maximum Gasteiger partial charge on any atom is 0.191 e. The van der Waals surface area contributed by atoms with Gasteiger partial charge in [-0.1, -0.05) is 17.8 Å². The summed E-state index contributed by atoms with van der Waals surface area (Å²) >= 11 is 3.10. The molecule has 0 spiro atoms. The number of nitrogens with zero attached hydrogens (tertiary/aromatic N) is 4. The van der Waals surface area contributed by atoms with Crippen LogP contribution >= 0.6 is 23.1 Å². The Kier molecular flexibility index (Phi) is 6.41. The van der Waals surface area contributed by atoms with E-state index in [1.54, 1.807) is 11.3 Å². The summed E-state index contributed by atoms with van der Waals surface area (Å²) in [7, 11) is -1.15. The molecule has 0 N–H and O–H groups in total. The van der Waals surface area contributed by atoms with Gasteiger partial charge in [0.2, 0.25) is 0 Å². The fourth-order valence-electron chi connectivity index (χ4n) is 4.12. The molecule has 0 saturated carbocycles. The van der Waals surface area contributed by atoms with Crippen LogP contribution < -0.4 is 0 Å². The molecule has 10 heteroatoms. The Labute approximate surface area is 190 Å². The molecule has 0 radical (unpaired) electrons. The van der Waals surface area contributed by atoms with Crippen molar-refractivity contribution in [1.29, 1.82) is 0 Å². The van der Waals surface area contributed by atoms with Gasteiger partial charge in [0, 0.05) is 41.3 Å². The average Bonchev–Trinajstić information content (AvgIpc) is 3.48. The summed E-state index contributed by atoms with van der Waals surface area (Å²) in [4.78, 5) is 14.3. The second-order valence-corrected chi connectivity index (χ2v) is 12.2. The molecule has 0 aliphatic carbocycles. The number of aryl methyl sites for hydroxylation is 2. The Morgan fingerprint density at radius 3 is 2.81 bits per heavy atom. The highest BCUT2D eigenvalue weighted by Crippen LogP contribution is 2.29. The Bertz CT molecular complexity index is 1190. The zero-order chi connectivity index (χ0) is 22.2. The molecule has 31 heavy (non-hydrogen) atoms. The van der Waals surface area contributed by atoms with Crippen molar-refractivity contribution in [3.05, 3.63) is 51.2 Å². The standard InChI is InChI=1S/C21H26N4O3S3/c1-14-11-18(15(2)25(14)8-6-17-5-4-9-29-17)19(26)12-30-21-23-22-20(24(21)3)16-7-10-31(27,28)13-16/h4-5,9,11,16H,6-8,10,12-13H2,1-3H3. The zero-order valence-electron chi connectivity index (χ0n) is 17.9. The highest BCUT2D eigenvalue weighted by atomic mass is 32.2. The molecule has 1 atom stereocenters. The van der Waals surface area contributed by atoms with E-state index in [-0.39, 0.29) is 29.0 Å². The Morgan fingerprint density at radius 1 is 1.32 bits per heavy atom. The lowest BCUT2D eigenvalue weighted by Gasteiger charge is -2.09. The number of ketones is 1. The number of Topliss-reactive ketones (excluding diaryl/α,β-unsaturated/α-hetero) is 1. The van der Waals surface area contributed by atoms with Gasteiger partial charge >= 0.3 is 0 Å². The van der Waals surface area contributed by atoms with E-state index in [1.165, 1.54) is 16.6 Å². The van der Waals surface area contributed by atoms with Gasteiger partial charge in [-0.2, -0.15) is 0 Å². The minimum Gasteiger partial charge on any atom is -0.348 e. The lowest BCUT2D eigenvalue weighted by Crippen LogP contribution is -2.10. The summed E-state index contributed by atoms with van der Waals surface area (Å²) < 4.78 is 27.6. The number of thiophene rings is 1. The Balaban J connectivity index is 1.41. The lowest BCUT2D eigenvalue weighted by atomic mass is 10.1. The molecular formula is C21H26N4O3S3. The molecule has 0 aromatic carbocycles. The van der Waals surface area contributed by atoms with Crippen molar-refractivity contribution in [1.82, 2.24) is 19.3 Å². The smallest absolute Gasteiger partial charge is 0.191 e.